The van der Waals surface area contributed by atoms with Gasteiger partial charge in [-0.25, -0.2) is 0 Å². The van der Waals surface area contributed by atoms with Crippen molar-refractivity contribution < 1.29 is 4.52 Å². The molecule has 0 saturated carbocycles. The van der Waals surface area contributed by atoms with Gasteiger partial charge in [-0.2, -0.15) is 0 Å². The molecule has 1 saturated heterocycles. The van der Waals surface area contributed by atoms with Crippen LogP contribution in [0.25, 0.3) is 0 Å². The van der Waals surface area contributed by atoms with Gasteiger partial charge in [0, 0.05) is 56.7 Å². The maximum atomic E-state index is 5.13. The Hall–Kier alpha value is -1.72. The first-order valence-corrected chi connectivity index (χ1v) is 7.50. The number of hydrogen-bond acceptors (Lipinski definition) is 5. The largest absolute Gasteiger partial charge is 0.361 e. The van der Waals surface area contributed by atoms with Crippen LogP contribution in [-0.2, 0) is 6.54 Å². The highest BCUT2D eigenvalue weighted by Gasteiger charge is 2.22. The zero-order valence-electron chi connectivity index (χ0n) is 12.7. The molecule has 0 bridgehead atoms. The van der Waals surface area contributed by atoms with Gasteiger partial charge in [0.25, 0.3) is 0 Å². The molecule has 3 rings (SSSR count). The molecule has 0 amide bonds. The number of aryl methyl sites for hydroxylation is 1. The molecule has 1 aliphatic rings. The minimum atomic E-state index is 0.429. The van der Waals surface area contributed by atoms with Gasteiger partial charge in [0.05, 0.1) is 6.20 Å². The Balaban J connectivity index is 1.54. The summed E-state index contributed by atoms with van der Waals surface area (Å²) < 4.78 is 5.13. The molecular formula is C16H22N4O. The molecule has 0 aliphatic carbocycles. The van der Waals surface area contributed by atoms with Crippen molar-refractivity contribution >= 4 is 0 Å². The molecule has 3 heterocycles. The number of hydrogen-bond donors (Lipinski definition) is 0. The van der Waals surface area contributed by atoms with E-state index in [4.69, 9.17) is 4.52 Å². The van der Waals surface area contributed by atoms with Crippen LogP contribution in [0.15, 0.2) is 35.2 Å². The van der Waals surface area contributed by atoms with Gasteiger partial charge in [-0.05, 0) is 25.5 Å². The fourth-order valence-electron chi connectivity index (χ4n) is 2.85. The quantitative estimate of drug-likeness (QED) is 0.862. The second-order valence-electron chi connectivity index (χ2n) is 5.68. The van der Waals surface area contributed by atoms with E-state index in [1.54, 1.807) is 0 Å². The molecule has 1 atom stereocenters. The summed E-state index contributed by atoms with van der Waals surface area (Å²) in [5, 5.41) is 3.85. The normalized spacial score (nSPS) is 18.8. The summed E-state index contributed by atoms with van der Waals surface area (Å²) in [5.41, 5.74) is 2.49. The Labute approximate surface area is 125 Å². The number of nitrogens with zero attached hydrogens (tertiary/aromatic N) is 4. The predicted molar refractivity (Wildman–Crippen MR) is 80.7 cm³/mol. The Morgan fingerprint density at radius 2 is 2.05 bits per heavy atom. The van der Waals surface area contributed by atoms with Crippen molar-refractivity contribution in [1.82, 2.24) is 19.9 Å². The van der Waals surface area contributed by atoms with Crippen molar-refractivity contribution in [2.45, 2.75) is 26.4 Å². The molecule has 0 aromatic carbocycles. The minimum absolute atomic E-state index is 0.429. The summed E-state index contributed by atoms with van der Waals surface area (Å²) in [6.07, 6.45) is 5.63. The molecule has 5 heteroatoms. The first-order chi connectivity index (χ1) is 10.2. The molecule has 1 aliphatic heterocycles. The SMILES string of the molecule is Cc1oncc1CN1CCN([C@@H](C)c2cccnc2)CC1. The van der Waals surface area contributed by atoms with Crippen LogP contribution in [0.1, 0.15) is 29.9 Å². The van der Waals surface area contributed by atoms with E-state index in [-0.39, 0.29) is 0 Å². The van der Waals surface area contributed by atoms with Gasteiger partial charge in [-0.15, -0.1) is 0 Å². The summed E-state index contributed by atoms with van der Waals surface area (Å²) in [7, 11) is 0. The molecular weight excluding hydrogens is 264 g/mol. The van der Waals surface area contributed by atoms with Crippen molar-refractivity contribution in [1.29, 1.82) is 0 Å². The third-order valence-corrected chi connectivity index (χ3v) is 4.37. The number of piperazine rings is 1. The summed E-state index contributed by atoms with van der Waals surface area (Å²) in [6, 6.07) is 4.60. The van der Waals surface area contributed by atoms with Gasteiger partial charge in [0.15, 0.2) is 0 Å². The van der Waals surface area contributed by atoms with Crippen LogP contribution < -0.4 is 0 Å². The molecule has 0 unspecified atom stereocenters. The molecule has 0 N–H and O–H groups in total. The minimum Gasteiger partial charge on any atom is -0.361 e. The van der Waals surface area contributed by atoms with Gasteiger partial charge in [0.1, 0.15) is 5.76 Å². The molecule has 0 radical (unpaired) electrons. The third kappa shape index (κ3) is 3.31. The number of aromatic nitrogens is 2. The van der Waals surface area contributed by atoms with Crippen molar-refractivity contribution in [2.24, 2.45) is 0 Å². The molecule has 112 valence electrons. The Bertz CT molecular complexity index is 561. The Morgan fingerprint density at radius 1 is 1.24 bits per heavy atom. The van der Waals surface area contributed by atoms with E-state index in [0.29, 0.717) is 6.04 Å². The highest BCUT2D eigenvalue weighted by molar-refractivity contribution is 5.14. The first-order valence-electron chi connectivity index (χ1n) is 7.50. The lowest BCUT2D eigenvalue weighted by Crippen LogP contribution is -2.46. The second kappa shape index (κ2) is 6.37. The van der Waals surface area contributed by atoms with Gasteiger partial charge in [0.2, 0.25) is 0 Å². The fraction of sp³-hybridized carbons (Fsp3) is 0.500. The highest BCUT2D eigenvalue weighted by atomic mass is 16.5. The van der Waals surface area contributed by atoms with Gasteiger partial charge in [-0.3, -0.25) is 14.8 Å². The molecule has 2 aromatic heterocycles. The molecule has 21 heavy (non-hydrogen) atoms. The standard InChI is InChI=1S/C16H22N4O/c1-13(15-4-3-5-17-10-15)20-8-6-19(7-9-20)12-16-11-18-21-14(16)2/h3-5,10-11,13H,6-9,12H2,1-2H3/t13-/m0/s1. The van der Waals surface area contributed by atoms with Gasteiger partial charge in [-0.1, -0.05) is 11.2 Å². The maximum Gasteiger partial charge on any atom is 0.138 e. The summed E-state index contributed by atoms with van der Waals surface area (Å²) in [5.74, 6) is 0.932. The van der Waals surface area contributed by atoms with Crippen molar-refractivity contribution in [3.05, 3.63) is 47.6 Å². The summed E-state index contributed by atoms with van der Waals surface area (Å²) in [6.45, 7) is 9.50. The van der Waals surface area contributed by atoms with Crippen LogP contribution in [0.2, 0.25) is 0 Å². The second-order valence-corrected chi connectivity index (χ2v) is 5.68. The first kappa shape index (κ1) is 14.2. The molecule has 0 spiro atoms. The number of pyridine rings is 1. The van der Waals surface area contributed by atoms with E-state index in [2.05, 4.69) is 32.9 Å². The van der Waals surface area contributed by atoms with Crippen LogP contribution in [0.3, 0.4) is 0 Å². The van der Waals surface area contributed by atoms with Gasteiger partial charge >= 0.3 is 0 Å². The molecule has 1 fully saturated rings. The predicted octanol–water partition coefficient (Wildman–Crippen LogP) is 2.26. The van der Waals surface area contributed by atoms with Gasteiger partial charge < -0.3 is 4.52 Å². The van der Waals surface area contributed by atoms with Crippen molar-refractivity contribution in [3.63, 3.8) is 0 Å². The van der Waals surface area contributed by atoms with Crippen LogP contribution in [0.5, 0.6) is 0 Å². The smallest absolute Gasteiger partial charge is 0.138 e. The maximum absolute atomic E-state index is 5.13. The lowest BCUT2D eigenvalue weighted by molar-refractivity contribution is 0.0974. The molecule has 5 nitrogen and oxygen atoms in total. The van der Waals surface area contributed by atoms with E-state index in [1.807, 2.05) is 31.6 Å². The van der Waals surface area contributed by atoms with Crippen LogP contribution in [0.4, 0.5) is 0 Å². The Morgan fingerprint density at radius 3 is 2.67 bits per heavy atom. The van der Waals surface area contributed by atoms with E-state index in [0.717, 1.165) is 38.5 Å². The number of rotatable bonds is 4. The molecule has 2 aromatic rings. The van der Waals surface area contributed by atoms with E-state index >= 15 is 0 Å². The lowest BCUT2D eigenvalue weighted by Gasteiger charge is -2.38. The fourth-order valence-corrected chi connectivity index (χ4v) is 2.85. The van der Waals surface area contributed by atoms with E-state index < -0.39 is 0 Å². The van der Waals surface area contributed by atoms with Crippen LogP contribution in [-0.4, -0.2) is 46.1 Å². The third-order valence-electron chi connectivity index (χ3n) is 4.37. The van der Waals surface area contributed by atoms with E-state index in [9.17, 15) is 0 Å². The van der Waals surface area contributed by atoms with Crippen LogP contribution in [0, 0.1) is 6.92 Å². The summed E-state index contributed by atoms with van der Waals surface area (Å²) in [4.78, 5) is 9.21. The monoisotopic (exact) mass is 286 g/mol. The summed E-state index contributed by atoms with van der Waals surface area (Å²) >= 11 is 0. The van der Waals surface area contributed by atoms with Crippen molar-refractivity contribution in [2.75, 3.05) is 26.2 Å². The van der Waals surface area contributed by atoms with E-state index in [1.165, 1.54) is 11.1 Å². The Kier molecular flexibility index (Phi) is 4.31. The average molecular weight is 286 g/mol. The highest BCUT2D eigenvalue weighted by Crippen LogP contribution is 2.21. The average Bonchev–Trinajstić information content (AvgIpc) is 2.93. The van der Waals surface area contributed by atoms with Crippen molar-refractivity contribution in [3.8, 4) is 0 Å². The lowest BCUT2D eigenvalue weighted by atomic mass is 10.1. The zero-order valence-corrected chi connectivity index (χ0v) is 12.7. The topological polar surface area (TPSA) is 45.4 Å². The zero-order chi connectivity index (χ0) is 14.7. The van der Waals surface area contributed by atoms with Crippen LogP contribution >= 0.6 is 0 Å².